The van der Waals surface area contributed by atoms with Crippen LogP contribution in [0, 0.1) is 0 Å². The molecule has 0 aromatic heterocycles. The number of carbonyl (C=O) groups excluding carboxylic acids is 1. The van der Waals surface area contributed by atoms with E-state index in [9.17, 15) is 19.4 Å². The fraction of sp³-hybridized carbons (Fsp3) is 0.925. The zero-order chi connectivity index (χ0) is 36.8. The molecule has 0 amide bonds. The summed E-state index contributed by atoms with van der Waals surface area (Å²) < 4.78 is 33.3. The number of unbranched alkanes of at least 4 members (excludes halogenated alkanes) is 24. The second-order valence-electron chi connectivity index (χ2n) is 14.0. The van der Waals surface area contributed by atoms with E-state index in [1.165, 1.54) is 122 Å². The molecule has 9 nitrogen and oxygen atoms in total. The zero-order valence-corrected chi connectivity index (χ0v) is 33.3. The monoisotopic (exact) mass is 735 g/mol. The molecule has 0 fully saturated rings. The van der Waals surface area contributed by atoms with Crippen molar-refractivity contribution in [3.63, 3.8) is 0 Å². The van der Waals surface area contributed by atoms with Crippen LogP contribution in [0.15, 0.2) is 12.2 Å². The summed E-state index contributed by atoms with van der Waals surface area (Å²) in [6, 6.07) is 0. The lowest BCUT2D eigenvalue weighted by Gasteiger charge is -2.20. The molecule has 0 saturated carbocycles. The normalized spacial score (nSPS) is 14.3. The maximum Gasteiger partial charge on any atom is 0.472 e. The first-order valence-electron chi connectivity index (χ1n) is 20.7. The third kappa shape index (κ3) is 37.0. The van der Waals surface area contributed by atoms with Gasteiger partial charge in [0.05, 0.1) is 26.4 Å². The Morgan fingerprint density at radius 3 is 1.58 bits per heavy atom. The van der Waals surface area contributed by atoms with Gasteiger partial charge in [0.2, 0.25) is 0 Å². The number of hydrogen-bond donors (Lipinski definition) is 3. The maximum absolute atomic E-state index is 12.6. The summed E-state index contributed by atoms with van der Waals surface area (Å²) >= 11 is 0. The number of hydrogen-bond acceptors (Lipinski definition) is 8. The molecule has 0 saturated heterocycles. The van der Waals surface area contributed by atoms with Gasteiger partial charge in [-0.1, -0.05) is 167 Å². The molecular formula is C40H79O9P. The fourth-order valence-corrected chi connectivity index (χ4v) is 6.56. The van der Waals surface area contributed by atoms with E-state index >= 15 is 0 Å². The van der Waals surface area contributed by atoms with Crippen LogP contribution >= 0.6 is 7.82 Å². The molecule has 3 unspecified atom stereocenters. The van der Waals surface area contributed by atoms with Crippen LogP contribution in [0.4, 0.5) is 0 Å². The van der Waals surface area contributed by atoms with Gasteiger partial charge < -0.3 is 24.6 Å². The van der Waals surface area contributed by atoms with E-state index < -0.39 is 33.2 Å². The van der Waals surface area contributed by atoms with Crippen LogP contribution in [0.5, 0.6) is 0 Å². The summed E-state index contributed by atoms with van der Waals surface area (Å²) in [4.78, 5) is 22.5. The molecule has 50 heavy (non-hydrogen) atoms. The van der Waals surface area contributed by atoms with Crippen LogP contribution in [0.25, 0.3) is 0 Å². The number of phosphoric acid groups is 1. The van der Waals surface area contributed by atoms with E-state index in [1.807, 2.05) is 0 Å². The van der Waals surface area contributed by atoms with Crippen LogP contribution in [-0.4, -0.2) is 66.3 Å². The standard InChI is InChI=1S/C40H79O9P/c1-3-5-7-9-11-13-15-16-17-18-19-20-21-22-24-26-28-30-32-40(43)49-39(37-48-50(44,45)47-35-38(42)34-41)36-46-33-31-29-27-25-23-14-12-10-8-6-4-2/h8,10,38-39,41-42H,3-7,9,11-37H2,1-2H3,(H,44,45)/b10-8-. The molecule has 0 aliphatic carbocycles. The number of aliphatic hydroxyl groups excluding tert-OH is 2. The predicted molar refractivity (Wildman–Crippen MR) is 205 cm³/mol. The number of esters is 1. The summed E-state index contributed by atoms with van der Waals surface area (Å²) in [5.74, 6) is -0.382. The number of rotatable bonds is 40. The first kappa shape index (κ1) is 49.2. The van der Waals surface area contributed by atoms with E-state index in [2.05, 4.69) is 26.0 Å². The van der Waals surface area contributed by atoms with Crippen molar-refractivity contribution in [3.05, 3.63) is 12.2 Å². The minimum atomic E-state index is -4.51. The highest BCUT2D eigenvalue weighted by atomic mass is 31.2. The Morgan fingerprint density at radius 1 is 0.600 bits per heavy atom. The summed E-state index contributed by atoms with van der Waals surface area (Å²) in [7, 11) is -4.51. The van der Waals surface area contributed by atoms with Crippen LogP contribution < -0.4 is 0 Å². The van der Waals surface area contributed by atoms with Crippen LogP contribution in [0.2, 0.25) is 0 Å². The predicted octanol–water partition coefficient (Wildman–Crippen LogP) is 10.9. The van der Waals surface area contributed by atoms with Gasteiger partial charge in [-0.3, -0.25) is 13.8 Å². The van der Waals surface area contributed by atoms with Crippen molar-refractivity contribution in [1.82, 2.24) is 0 Å². The zero-order valence-electron chi connectivity index (χ0n) is 32.4. The molecule has 0 aromatic rings. The Bertz CT molecular complexity index is 795. The highest BCUT2D eigenvalue weighted by Crippen LogP contribution is 2.43. The number of allylic oxidation sites excluding steroid dienone is 2. The van der Waals surface area contributed by atoms with Crippen molar-refractivity contribution in [2.24, 2.45) is 0 Å². The summed E-state index contributed by atoms with van der Waals surface area (Å²) in [5, 5.41) is 18.3. The van der Waals surface area contributed by atoms with Crippen molar-refractivity contribution in [2.45, 2.75) is 206 Å². The molecule has 0 spiro atoms. The first-order chi connectivity index (χ1) is 24.3. The number of phosphoric ester groups is 1. The van der Waals surface area contributed by atoms with Crippen molar-refractivity contribution < 1.29 is 43.0 Å². The number of ether oxygens (including phenoxy) is 2. The van der Waals surface area contributed by atoms with Crippen LogP contribution in [-0.2, 0) is 27.9 Å². The lowest BCUT2D eigenvalue weighted by atomic mass is 10.0. The minimum absolute atomic E-state index is 0.0498. The second-order valence-corrected chi connectivity index (χ2v) is 15.5. The molecule has 3 N–H and O–H groups in total. The SMILES string of the molecule is CCC/C=C\CCCCCCCCOCC(COP(=O)(O)OCC(O)CO)OC(=O)CCCCCCCCCCCCCCCCCCCC. The minimum Gasteiger partial charge on any atom is -0.457 e. The van der Waals surface area contributed by atoms with E-state index in [0.29, 0.717) is 6.61 Å². The van der Waals surface area contributed by atoms with Crippen LogP contribution in [0.1, 0.15) is 194 Å². The van der Waals surface area contributed by atoms with Gasteiger partial charge in [-0.15, -0.1) is 0 Å². The summed E-state index contributed by atoms with van der Waals surface area (Å²) in [6.07, 6.45) is 36.0. The quantitative estimate of drug-likeness (QED) is 0.0243. The number of aliphatic hydroxyl groups is 2. The smallest absolute Gasteiger partial charge is 0.457 e. The van der Waals surface area contributed by atoms with Crippen molar-refractivity contribution in [1.29, 1.82) is 0 Å². The molecule has 298 valence electrons. The molecule has 0 bridgehead atoms. The van der Waals surface area contributed by atoms with Crippen molar-refractivity contribution >= 4 is 13.8 Å². The molecule has 0 rings (SSSR count). The summed E-state index contributed by atoms with van der Waals surface area (Å²) in [6.45, 7) is 3.48. The lowest BCUT2D eigenvalue weighted by Crippen LogP contribution is -2.29. The molecule has 10 heteroatoms. The van der Waals surface area contributed by atoms with Gasteiger partial charge in [-0.2, -0.15) is 0 Å². The Labute approximate surface area is 307 Å². The first-order valence-corrected chi connectivity index (χ1v) is 22.2. The van der Waals surface area contributed by atoms with Crippen molar-refractivity contribution in [3.8, 4) is 0 Å². The Balaban J connectivity index is 4.12. The molecule has 0 heterocycles. The van der Waals surface area contributed by atoms with E-state index in [1.54, 1.807) is 0 Å². The molecule has 0 aromatic carbocycles. The largest absolute Gasteiger partial charge is 0.472 e. The Morgan fingerprint density at radius 2 is 1.06 bits per heavy atom. The van der Waals surface area contributed by atoms with E-state index in [4.69, 9.17) is 23.6 Å². The maximum atomic E-state index is 12.6. The van der Waals surface area contributed by atoms with Crippen molar-refractivity contribution in [2.75, 3.05) is 33.0 Å². The Kier molecular flexibility index (Phi) is 37.3. The van der Waals surface area contributed by atoms with Gasteiger partial charge in [0.1, 0.15) is 12.2 Å². The lowest BCUT2D eigenvalue weighted by molar-refractivity contribution is -0.154. The Hall–Kier alpha value is -0.800. The average Bonchev–Trinajstić information content (AvgIpc) is 3.10. The summed E-state index contributed by atoms with van der Waals surface area (Å²) in [5.41, 5.74) is 0. The van der Waals surface area contributed by atoms with Gasteiger partial charge in [0.25, 0.3) is 0 Å². The molecular weight excluding hydrogens is 655 g/mol. The van der Waals surface area contributed by atoms with Gasteiger partial charge in [0.15, 0.2) is 0 Å². The van der Waals surface area contributed by atoms with Gasteiger partial charge >= 0.3 is 13.8 Å². The topological polar surface area (TPSA) is 132 Å². The molecule has 0 radical (unpaired) electrons. The van der Waals surface area contributed by atoms with Gasteiger partial charge in [0, 0.05) is 13.0 Å². The van der Waals surface area contributed by atoms with E-state index in [0.717, 1.165) is 51.4 Å². The molecule has 3 atom stereocenters. The highest BCUT2D eigenvalue weighted by molar-refractivity contribution is 7.47. The molecule has 0 aliphatic heterocycles. The second kappa shape index (κ2) is 37.9. The third-order valence-electron chi connectivity index (χ3n) is 8.93. The molecule has 0 aliphatic rings. The fourth-order valence-electron chi connectivity index (χ4n) is 5.77. The average molecular weight is 735 g/mol. The van der Waals surface area contributed by atoms with Crippen LogP contribution in [0.3, 0.4) is 0 Å². The van der Waals surface area contributed by atoms with E-state index in [-0.39, 0.29) is 25.6 Å². The highest BCUT2D eigenvalue weighted by Gasteiger charge is 2.26. The third-order valence-corrected chi connectivity index (χ3v) is 9.88. The van der Waals surface area contributed by atoms with Gasteiger partial charge in [-0.25, -0.2) is 4.57 Å². The van der Waals surface area contributed by atoms with Gasteiger partial charge in [-0.05, 0) is 32.1 Å². The number of carbonyl (C=O) groups is 1.